The van der Waals surface area contributed by atoms with Crippen molar-refractivity contribution >= 4 is 28.9 Å². The lowest BCUT2D eigenvalue weighted by molar-refractivity contribution is 0.0520. The summed E-state index contributed by atoms with van der Waals surface area (Å²) in [4.78, 5) is 40.5. The van der Waals surface area contributed by atoms with Crippen molar-refractivity contribution < 1.29 is 24.2 Å². The Morgan fingerprint density at radius 2 is 1.85 bits per heavy atom. The summed E-state index contributed by atoms with van der Waals surface area (Å²) in [6.07, 6.45) is -1.35. The Kier molecular flexibility index (Phi) is 5.95. The van der Waals surface area contributed by atoms with Crippen LogP contribution in [0.5, 0.6) is 0 Å². The van der Waals surface area contributed by atoms with Gasteiger partial charge in [0.2, 0.25) is 0 Å². The highest BCUT2D eigenvalue weighted by atomic mass is 16.5. The number of benzene rings is 2. The third kappa shape index (κ3) is 4.47. The number of nitrogens with zero attached hydrogens (tertiary/aromatic N) is 3. The van der Waals surface area contributed by atoms with Crippen LogP contribution in [0, 0.1) is 0 Å². The first-order valence-corrected chi connectivity index (χ1v) is 10.3. The summed E-state index contributed by atoms with van der Waals surface area (Å²) in [5, 5.41) is 14.6. The molecule has 9 heteroatoms. The van der Waals surface area contributed by atoms with Crippen molar-refractivity contribution in [1.29, 1.82) is 0 Å². The second-order valence-corrected chi connectivity index (χ2v) is 7.40. The van der Waals surface area contributed by atoms with Crippen molar-refractivity contribution in [2.24, 2.45) is 7.05 Å². The molecule has 2 N–H and O–H groups in total. The number of esters is 1. The summed E-state index contributed by atoms with van der Waals surface area (Å²) in [6, 6.07) is 17.7. The van der Waals surface area contributed by atoms with Gasteiger partial charge in [0.05, 0.1) is 18.8 Å². The minimum absolute atomic E-state index is 0.0206. The van der Waals surface area contributed by atoms with E-state index >= 15 is 0 Å². The molecule has 33 heavy (non-hydrogen) atoms. The molecule has 4 rings (SSSR count). The van der Waals surface area contributed by atoms with Crippen LogP contribution in [-0.2, 0) is 18.3 Å². The van der Waals surface area contributed by atoms with Crippen molar-refractivity contribution in [2.45, 2.75) is 13.5 Å². The monoisotopic (exact) mass is 446 g/mol. The minimum Gasteiger partial charge on any atom is -0.465 e. The Morgan fingerprint density at radius 3 is 2.55 bits per heavy atom. The molecular formula is C24H22N4O5. The van der Waals surface area contributed by atoms with Gasteiger partial charge in [0.1, 0.15) is 5.69 Å². The normalized spacial score (nSPS) is 10.8. The molecule has 0 saturated carbocycles. The fourth-order valence-electron chi connectivity index (χ4n) is 3.58. The van der Waals surface area contributed by atoms with E-state index in [2.05, 4.69) is 10.1 Å². The van der Waals surface area contributed by atoms with Gasteiger partial charge in [-0.2, -0.15) is 5.10 Å². The second-order valence-electron chi connectivity index (χ2n) is 7.40. The van der Waals surface area contributed by atoms with E-state index in [1.54, 1.807) is 50.4 Å². The van der Waals surface area contributed by atoms with Crippen LogP contribution in [-0.4, -0.2) is 49.3 Å². The Bertz CT molecular complexity index is 1340. The van der Waals surface area contributed by atoms with E-state index in [-0.39, 0.29) is 18.8 Å². The predicted molar refractivity (Wildman–Crippen MR) is 121 cm³/mol. The topological polar surface area (TPSA) is 118 Å². The second kappa shape index (κ2) is 8.99. The molecule has 2 amide bonds. The average Bonchev–Trinajstić information content (AvgIpc) is 3.41. The van der Waals surface area contributed by atoms with E-state index in [0.717, 1.165) is 21.4 Å². The van der Waals surface area contributed by atoms with Gasteiger partial charge in [-0.3, -0.25) is 9.48 Å². The number of ether oxygens (including phenoxy) is 1. The van der Waals surface area contributed by atoms with Gasteiger partial charge in [-0.25, -0.2) is 14.5 Å². The number of carboxylic acid groups (broad SMARTS) is 1. The van der Waals surface area contributed by atoms with Crippen molar-refractivity contribution in [1.82, 2.24) is 19.7 Å². The standard InChI is InChI=1S/C24H22N4O5/c1-3-33-23(30)20-12-17-11-16(9-10-18(17)25-20)21-13-19(26-27(21)2)22(29)28(24(31)32)14-15-7-5-4-6-8-15/h4-13,25H,3,14H2,1-2H3,(H,31,32). The maximum atomic E-state index is 13.0. The number of rotatable bonds is 6. The van der Waals surface area contributed by atoms with Crippen LogP contribution in [0.4, 0.5) is 4.79 Å². The molecule has 9 nitrogen and oxygen atoms in total. The summed E-state index contributed by atoms with van der Waals surface area (Å²) < 4.78 is 6.55. The maximum absolute atomic E-state index is 13.0. The number of nitrogens with one attached hydrogen (secondary N) is 1. The maximum Gasteiger partial charge on any atom is 0.414 e. The number of amides is 2. The van der Waals surface area contributed by atoms with Gasteiger partial charge >= 0.3 is 12.1 Å². The molecule has 0 unspecified atom stereocenters. The van der Waals surface area contributed by atoms with Crippen molar-refractivity contribution in [3.63, 3.8) is 0 Å². The number of hydrogen-bond donors (Lipinski definition) is 2. The molecule has 4 aromatic rings. The lowest BCUT2D eigenvalue weighted by Crippen LogP contribution is -2.35. The minimum atomic E-state index is -1.35. The van der Waals surface area contributed by atoms with Gasteiger partial charge < -0.3 is 14.8 Å². The Balaban J connectivity index is 1.63. The first-order valence-electron chi connectivity index (χ1n) is 10.3. The molecule has 0 saturated heterocycles. The molecule has 2 heterocycles. The SMILES string of the molecule is CCOC(=O)c1cc2cc(-c3cc(C(=O)N(Cc4ccccc4)C(=O)O)nn3C)ccc2[nH]1. The fraction of sp³-hybridized carbons (Fsp3) is 0.167. The summed E-state index contributed by atoms with van der Waals surface area (Å²) in [7, 11) is 1.68. The largest absolute Gasteiger partial charge is 0.465 e. The zero-order valence-electron chi connectivity index (χ0n) is 18.1. The lowest BCUT2D eigenvalue weighted by Gasteiger charge is -2.16. The predicted octanol–water partition coefficient (Wildman–Crippen LogP) is 4.07. The van der Waals surface area contributed by atoms with Gasteiger partial charge in [0.15, 0.2) is 5.69 Å². The molecule has 0 aliphatic carbocycles. The van der Waals surface area contributed by atoms with E-state index in [9.17, 15) is 19.5 Å². The van der Waals surface area contributed by atoms with Crippen LogP contribution in [0.1, 0.15) is 33.5 Å². The molecule has 0 aliphatic rings. The number of imide groups is 1. The van der Waals surface area contributed by atoms with Crippen molar-refractivity contribution in [3.05, 3.63) is 77.6 Å². The van der Waals surface area contributed by atoms with E-state index in [1.807, 2.05) is 24.3 Å². The summed E-state index contributed by atoms with van der Waals surface area (Å²) in [6.45, 7) is 1.95. The third-order valence-electron chi connectivity index (χ3n) is 5.17. The summed E-state index contributed by atoms with van der Waals surface area (Å²) >= 11 is 0. The number of aryl methyl sites for hydroxylation is 1. The van der Waals surface area contributed by atoms with Gasteiger partial charge in [0, 0.05) is 23.5 Å². The molecule has 0 fully saturated rings. The quantitative estimate of drug-likeness (QED) is 0.431. The van der Waals surface area contributed by atoms with Crippen molar-refractivity contribution in [3.8, 4) is 11.3 Å². The summed E-state index contributed by atoms with van der Waals surface area (Å²) in [5.41, 5.74) is 3.22. The van der Waals surface area contributed by atoms with Crippen LogP contribution in [0.2, 0.25) is 0 Å². The van der Waals surface area contributed by atoms with Gasteiger partial charge in [0.25, 0.3) is 5.91 Å². The number of aromatic amines is 1. The van der Waals surface area contributed by atoms with Crippen LogP contribution >= 0.6 is 0 Å². The molecule has 0 spiro atoms. The van der Waals surface area contributed by atoms with E-state index in [0.29, 0.717) is 17.0 Å². The van der Waals surface area contributed by atoms with Crippen LogP contribution < -0.4 is 0 Å². The van der Waals surface area contributed by atoms with Gasteiger partial charge in [-0.1, -0.05) is 36.4 Å². The number of hydrogen-bond acceptors (Lipinski definition) is 5. The fourth-order valence-corrected chi connectivity index (χ4v) is 3.58. The van der Waals surface area contributed by atoms with E-state index < -0.39 is 18.0 Å². The highest BCUT2D eigenvalue weighted by Crippen LogP contribution is 2.26. The first-order chi connectivity index (χ1) is 15.9. The van der Waals surface area contributed by atoms with Crippen LogP contribution in [0.3, 0.4) is 0 Å². The van der Waals surface area contributed by atoms with Crippen LogP contribution in [0.15, 0.2) is 60.7 Å². The number of carbonyl (C=O) groups is 3. The highest BCUT2D eigenvalue weighted by Gasteiger charge is 2.26. The number of fused-ring (bicyclic) bond motifs is 1. The Morgan fingerprint density at radius 1 is 1.09 bits per heavy atom. The molecule has 2 aromatic carbocycles. The lowest BCUT2D eigenvalue weighted by atomic mass is 10.1. The Hall–Kier alpha value is -4.40. The number of H-pyrrole nitrogens is 1. The number of carbonyl (C=O) groups excluding carboxylic acids is 2. The van der Waals surface area contributed by atoms with Crippen molar-refractivity contribution in [2.75, 3.05) is 6.61 Å². The van der Waals surface area contributed by atoms with Crippen LogP contribution in [0.25, 0.3) is 22.2 Å². The third-order valence-corrected chi connectivity index (χ3v) is 5.17. The molecular weight excluding hydrogens is 424 g/mol. The molecule has 0 atom stereocenters. The van der Waals surface area contributed by atoms with Gasteiger partial charge in [-0.05, 0) is 36.8 Å². The number of aromatic nitrogens is 3. The smallest absolute Gasteiger partial charge is 0.414 e. The molecule has 2 aromatic heterocycles. The highest BCUT2D eigenvalue weighted by molar-refractivity contribution is 6.02. The Labute approximate surface area is 189 Å². The zero-order chi connectivity index (χ0) is 23.5. The van der Waals surface area contributed by atoms with E-state index in [4.69, 9.17) is 4.74 Å². The molecule has 0 radical (unpaired) electrons. The molecule has 168 valence electrons. The molecule has 0 aliphatic heterocycles. The first kappa shape index (κ1) is 21.8. The summed E-state index contributed by atoms with van der Waals surface area (Å²) in [5.74, 6) is -1.14. The molecule has 0 bridgehead atoms. The average molecular weight is 446 g/mol. The van der Waals surface area contributed by atoms with Gasteiger partial charge in [-0.15, -0.1) is 0 Å². The van der Waals surface area contributed by atoms with E-state index in [1.165, 1.54) is 4.68 Å². The zero-order valence-corrected chi connectivity index (χ0v) is 18.1.